The van der Waals surface area contributed by atoms with Crippen molar-refractivity contribution in [2.45, 2.75) is 55.6 Å². The number of nitrogens with zero attached hydrogens (tertiary/aromatic N) is 12. The van der Waals surface area contributed by atoms with Gasteiger partial charge in [0, 0.05) is 226 Å². The molecule has 5 fully saturated rings. The molecule has 0 aliphatic carbocycles. The first-order valence-corrected chi connectivity index (χ1v) is 52.7. The zero-order valence-corrected chi connectivity index (χ0v) is 80.6. The number of ether oxygens (including phenoxy) is 1. The van der Waals surface area contributed by atoms with E-state index in [0.717, 1.165) is 201 Å². The zero-order valence-electron chi connectivity index (χ0n) is 75.8. The SMILES string of the molecule is Nc1ccc(S(=O)(=O)n2ccc3c(N4CCN(C5=NCCN5)CC4)cccc32)cc1.O=C1COc2c(N3CCNCC3)cc(F)cc2N1Cc1ccccc1F.O=S(=O)(c1cccc(Cl)c1Cl)N1CCc2c(cccc2N2CCNCC2)C1.O=S(=O)(c1ccccc1)c1c[nH]c2ccc(N3CCN(Cc4ccccc4)CC3)nc12.O=S(=O)(c1ccccc1)c1cc2c(N3CCNCC3)cccc2[nH]1. The Balaban J connectivity index is 0.000000115. The minimum absolute atomic E-state index is 0.0340. The number of carbonyl (C=O) groups excluding carboxylic acids is 1. The molecule has 138 heavy (non-hydrogen) atoms. The maximum absolute atomic E-state index is 14.3. The first kappa shape index (κ1) is 95.7. The molecule has 10 aromatic carbocycles. The molecule has 12 heterocycles. The van der Waals surface area contributed by atoms with E-state index in [1.807, 2.05) is 77.7 Å². The lowest BCUT2D eigenvalue weighted by atomic mass is 9.98. The van der Waals surface area contributed by atoms with E-state index in [1.165, 1.54) is 54.3 Å². The largest absolute Gasteiger partial charge is 0.479 e. The van der Waals surface area contributed by atoms with Crippen LogP contribution < -0.4 is 61.1 Å². The maximum atomic E-state index is 14.3. The number of amides is 1. The highest BCUT2D eigenvalue weighted by Gasteiger charge is 2.36. The number of sulfonamides is 1. The van der Waals surface area contributed by atoms with Crippen LogP contribution in [0.4, 0.5) is 48.7 Å². The monoisotopic (exact) mass is 1980 g/mol. The third kappa shape index (κ3) is 21.0. The van der Waals surface area contributed by atoms with Crippen molar-refractivity contribution in [2.24, 2.45) is 4.99 Å². The summed E-state index contributed by atoms with van der Waals surface area (Å²) in [6, 6.07) is 73.0. The summed E-state index contributed by atoms with van der Waals surface area (Å²) in [7, 11) is -14.6. The number of nitrogens with two attached hydrogens (primary N) is 1. The highest BCUT2D eigenvalue weighted by Crippen LogP contribution is 2.44. The molecule has 1 amide bonds. The molecule has 4 aromatic heterocycles. The quantitative estimate of drug-likeness (QED) is 0.0416. The normalized spacial score (nSPS) is 16.8. The van der Waals surface area contributed by atoms with E-state index in [2.05, 4.69) is 108 Å². The van der Waals surface area contributed by atoms with Crippen LogP contribution in [0.15, 0.2) is 296 Å². The number of aliphatic imine (C=N–C) groups is 1. The van der Waals surface area contributed by atoms with Crippen LogP contribution >= 0.6 is 23.2 Å². The molecule has 8 aliphatic rings. The number of anilines is 7. The molecule has 0 saturated carbocycles. The average molecular weight is 1980 g/mol. The maximum Gasteiger partial charge on any atom is 0.268 e. The standard InChI is InChI=1S/C24H24N4O2S.C21H24N6O2S.C19H21Cl2N3O2S.C19H19F2N3O2.C18H19N3O2S/c29-31(30,20-9-5-2-6-10-20)22-17-25-21-11-12-23(26-24(21)22)28-15-13-27(14-16-28)18-19-7-3-1-4-8-19;22-16-4-6-17(7-5-16)30(28,29)27-11-8-18-19(2-1-3-20(18)27)25-12-14-26(15-13-25)21-23-9-10-24-21;20-16-4-2-6-18(19(16)21)27(25,26)24-10-7-15-14(13-24)3-1-5-17(15)23-11-8-22-9-12-23;20-14-9-16(23-7-5-22-6-8-23)19-17(10-14)24(18(25)12-26-19)11-13-3-1-2-4-15(13)21;22-24(23,14-5-2-1-3-6-14)18-13-15-16(20-18)7-4-8-17(15)21-11-9-19-10-12-21/h1-12,17,25H,13-16,18H2;1-8,11H,9-10,12-15,22H2,(H,23,24);1-6,22H,7-13H2;1-4,9-10,22H,5-8,11-12H2;1-8,13,19-20H,9-12H2. The van der Waals surface area contributed by atoms with Crippen LogP contribution in [0.5, 0.6) is 5.75 Å². The number of H-pyrrole nitrogens is 2. The fourth-order valence-corrected chi connectivity index (χ4v) is 24.7. The molecule has 0 atom stereocenters. The van der Waals surface area contributed by atoms with Crippen molar-refractivity contribution in [3.63, 3.8) is 0 Å². The lowest BCUT2D eigenvalue weighted by Gasteiger charge is -2.37. The molecule has 0 unspecified atom stereocenters. The second-order valence-electron chi connectivity index (χ2n) is 34.4. The number of nitrogens with one attached hydrogen (secondary N) is 6. The van der Waals surface area contributed by atoms with Gasteiger partial charge in [0.15, 0.2) is 18.3 Å². The van der Waals surface area contributed by atoms with Gasteiger partial charge in [-0.1, -0.05) is 138 Å². The van der Waals surface area contributed by atoms with Crippen LogP contribution in [0, 0.1) is 11.6 Å². The number of aromatic amines is 2. The number of sulfone groups is 2. The summed E-state index contributed by atoms with van der Waals surface area (Å²) < 4.78 is 141. The number of halogens is 4. The molecule has 37 heteroatoms. The van der Waals surface area contributed by atoms with Crippen molar-refractivity contribution in [2.75, 3.05) is 192 Å². The average Bonchev–Trinajstić information content (AvgIpc) is 1.72. The van der Waals surface area contributed by atoms with Crippen LogP contribution in [-0.2, 0) is 70.6 Å². The van der Waals surface area contributed by atoms with E-state index in [9.17, 15) is 47.2 Å². The Bertz CT molecular complexity index is 7230. The molecule has 0 spiro atoms. The van der Waals surface area contributed by atoms with Gasteiger partial charge in [0.1, 0.15) is 37.8 Å². The predicted octanol–water partition coefficient (Wildman–Crippen LogP) is 13.1. The van der Waals surface area contributed by atoms with Crippen molar-refractivity contribution < 1.29 is 52.0 Å². The molecule has 14 aromatic rings. The van der Waals surface area contributed by atoms with Crippen molar-refractivity contribution in [3.05, 3.63) is 305 Å². The Morgan fingerprint density at radius 1 is 0.471 bits per heavy atom. The number of aromatic nitrogens is 4. The van der Waals surface area contributed by atoms with E-state index in [4.69, 9.17) is 38.7 Å². The van der Waals surface area contributed by atoms with E-state index in [-0.39, 0.29) is 53.7 Å². The minimum Gasteiger partial charge on any atom is -0.479 e. The van der Waals surface area contributed by atoms with E-state index in [0.29, 0.717) is 63.8 Å². The first-order valence-electron chi connectivity index (χ1n) is 46.1. The van der Waals surface area contributed by atoms with Gasteiger partial charge in [-0.3, -0.25) is 14.7 Å². The van der Waals surface area contributed by atoms with Crippen molar-refractivity contribution in [3.8, 4) is 5.75 Å². The number of nitrogen functional groups attached to an aromatic ring is 1. The van der Waals surface area contributed by atoms with Gasteiger partial charge in [-0.25, -0.2) is 51.4 Å². The lowest BCUT2D eigenvalue weighted by Crippen LogP contribution is -2.51. The zero-order chi connectivity index (χ0) is 95.7. The van der Waals surface area contributed by atoms with Gasteiger partial charge in [-0.15, -0.1) is 0 Å². The summed E-state index contributed by atoms with van der Waals surface area (Å²) in [4.78, 5) is 46.3. The Kier molecular flexibility index (Phi) is 29.4. The lowest BCUT2D eigenvalue weighted by molar-refractivity contribution is -0.121. The molecule has 5 saturated heterocycles. The number of hydrogen-bond donors (Lipinski definition) is 7. The Hall–Kier alpha value is -12.7. The van der Waals surface area contributed by atoms with Gasteiger partial charge in [0.2, 0.25) is 29.7 Å². The number of fused-ring (bicyclic) bond motifs is 5. The van der Waals surface area contributed by atoms with E-state index >= 15 is 0 Å². The Morgan fingerprint density at radius 2 is 1.05 bits per heavy atom. The summed E-state index contributed by atoms with van der Waals surface area (Å²) in [5.41, 5.74) is 17.3. The van der Waals surface area contributed by atoms with Gasteiger partial charge >= 0.3 is 0 Å². The van der Waals surface area contributed by atoms with Crippen LogP contribution in [0.3, 0.4) is 0 Å². The Morgan fingerprint density at radius 3 is 1.72 bits per heavy atom. The van der Waals surface area contributed by atoms with Gasteiger partial charge < -0.3 is 76.0 Å². The van der Waals surface area contributed by atoms with Crippen molar-refractivity contribution in [1.29, 1.82) is 0 Å². The predicted molar refractivity (Wildman–Crippen MR) is 541 cm³/mol. The number of guanidine groups is 1. The molecule has 8 N–H and O–H groups in total. The number of piperazine rings is 5. The van der Waals surface area contributed by atoms with Gasteiger partial charge in [0.05, 0.1) is 60.2 Å². The Labute approximate surface area is 811 Å². The fraction of sp³-hybridized carbons (Fsp3) is 0.277. The first-order chi connectivity index (χ1) is 66.9. The smallest absolute Gasteiger partial charge is 0.268 e. The fourth-order valence-electron chi connectivity index (χ4n) is 18.5. The van der Waals surface area contributed by atoms with Crippen LogP contribution in [-0.4, -0.2) is 236 Å². The molecule has 718 valence electrons. The molecule has 0 bridgehead atoms. The van der Waals surface area contributed by atoms with E-state index in [1.54, 1.807) is 122 Å². The number of hydrogen-bond acceptors (Lipinski definition) is 24. The third-order valence-electron chi connectivity index (χ3n) is 25.8. The van der Waals surface area contributed by atoms with Crippen LogP contribution in [0.2, 0.25) is 10.0 Å². The summed E-state index contributed by atoms with van der Waals surface area (Å²) in [5, 5.41) is 15.7. The number of pyridine rings is 1. The number of benzene rings is 10. The van der Waals surface area contributed by atoms with Crippen LogP contribution in [0.1, 0.15) is 22.3 Å². The van der Waals surface area contributed by atoms with E-state index < -0.39 is 51.4 Å². The van der Waals surface area contributed by atoms with Crippen molar-refractivity contribution >= 4 is 148 Å². The molecule has 22 rings (SSSR count). The second-order valence-corrected chi connectivity index (χ2v) is 42.7. The molecule has 8 aliphatic heterocycles. The molecular formula is C101H107Cl2F2N19O10S4. The van der Waals surface area contributed by atoms with Crippen LogP contribution in [0.25, 0.3) is 32.8 Å². The van der Waals surface area contributed by atoms with Crippen molar-refractivity contribution in [1.82, 2.24) is 54.3 Å². The highest BCUT2D eigenvalue weighted by atomic mass is 35.5. The number of carbonyl (C=O) groups is 1. The summed E-state index contributed by atoms with van der Waals surface area (Å²) in [6.45, 7) is 21.1. The van der Waals surface area contributed by atoms with Gasteiger partial charge in [-0.2, -0.15) is 4.31 Å². The summed E-state index contributed by atoms with van der Waals surface area (Å²) in [5.74, 6) is 1.12. The van der Waals surface area contributed by atoms with Gasteiger partial charge in [-0.05, 0) is 144 Å². The number of rotatable bonds is 17. The summed E-state index contributed by atoms with van der Waals surface area (Å²) in [6.07, 6.45) is 3.86. The van der Waals surface area contributed by atoms with Gasteiger partial charge in [0.25, 0.3) is 15.9 Å². The highest BCUT2D eigenvalue weighted by molar-refractivity contribution is 7.92. The topological polar surface area (TPSA) is 328 Å². The molecule has 0 radical (unpaired) electrons. The molecule has 29 nitrogen and oxygen atoms in total. The summed E-state index contributed by atoms with van der Waals surface area (Å²) >= 11 is 12.2. The third-order valence-corrected chi connectivity index (χ3v) is 33.8. The molecular weight excluding hydrogens is 1880 g/mol. The minimum atomic E-state index is -3.70. The second kappa shape index (κ2) is 42.4.